The monoisotopic (exact) mass is 230 g/mol. The fourth-order valence-electron chi connectivity index (χ4n) is 1.78. The van der Waals surface area contributed by atoms with Gasteiger partial charge in [0.15, 0.2) is 0 Å². The van der Waals surface area contributed by atoms with Crippen molar-refractivity contribution in [1.29, 1.82) is 0 Å². The molecule has 2 N–H and O–H groups in total. The fourth-order valence-corrected chi connectivity index (χ4v) is 1.78. The van der Waals surface area contributed by atoms with Crippen LogP contribution in [0.25, 0.3) is 0 Å². The van der Waals surface area contributed by atoms with Crippen molar-refractivity contribution in [1.82, 2.24) is 15.2 Å². The van der Waals surface area contributed by atoms with E-state index in [2.05, 4.69) is 40.4 Å². The maximum atomic E-state index is 4.30. The molecule has 0 aliphatic rings. The first-order valence-corrected chi connectivity index (χ1v) is 5.91. The Morgan fingerprint density at radius 3 is 2.94 bits per heavy atom. The Bertz CT molecular complexity index is 476. The van der Waals surface area contributed by atoms with E-state index in [0.29, 0.717) is 0 Å². The van der Waals surface area contributed by atoms with Gasteiger partial charge >= 0.3 is 0 Å². The first-order valence-electron chi connectivity index (χ1n) is 5.91. The van der Waals surface area contributed by atoms with Crippen molar-refractivity contribution in [2.45, 2.75) is 26.7 Å². The number of aromatic nitrogens is 3. The van der Waals surface area contributed by atoms with Crippen molar-refractivity contribution in [2.24, 2.45) is 0 Å². The van der Waals surface area contributed by atoms with Crippen LogP contribution < -0.4 is 5.32 Å². The van der Waals surface area contributed by atoms with Crippen molar-refractivity contribution in [3.8, 4) is 0 Å². The first-order chi connectivity index (χ1) is 8.27. The maximum Gasteiger partial charge on any atom is 0.128 e. The van der Waals surface area contributed by atoms with Gasteiger partial charge in [0.05, 0.1) is 6.20 Å². The molecule has 0 spiro atoms. The van der Waals surface area contributed by atoms with Gasteiger partial charge in [-0.25, -0.2) is 4.98 Å². The van der Waals surface area contributed by atoms with Crippen molar-refractivity contribution in [3.63, 3.8) is 0 Å². The van der Waals surface area contributed by atoms with Crippen molar-refractivity contribution < 1.29 is 0 Å². The lowest BCUT2D eigenvalue weighted by Gasteiger charge is -2.07. The summed E-state index contributed by atoms with van der Waals surface area (Å²) in [5.41, 5.74) is 3.65. The van der Waals surface area contributed by atoms with E-state index in [0.717, 1.165) is 25.2 Å². The number of H-pyrrole nitrogens is 1. The van der Waals surface area contributed by atoms with Crippen LogP contribution in [-0.2, 0) is 6.42 Å². The average molecular weight is 230 g/mol. The van der Waals surface area contributed by atoms with Crippen molar-refractivity contribution in [2.75, 3.05) is 11.9 Å². The Labute approximate surface area is 101 Å². The lowest BCUT2D eigenvalue weighted by atomic mass is 10.1. The molecule has 0 bridgehead atoms. The third-order valence-electron chi connectivity index (χ3n) is 2.86. The van der Waals surface area contributed by atoms with Crippen LogP contribution in [0.5, 0.6) is 0 Å². The molecule has 4 nitrogen and oxygen atoms in total. The summed E-state index contributed by atoms with van der Waals surface area (Å²) in [7, 11) is 0. The van der Waals surface area contributed by atoms with Crippen LogP contribution >= 0.6 is 0 Å². The summed E-state index contributed by atoms with van der Waals surface area (Å²) >= 11 is 0. The molecule has 90 valence electrons. The summed E-state index contributed by atoms with van der Waals surface area (Å²) < 4.78 is 0. The van der Waals surface area contributed by atoms with Gasteiger partial charge in [-0.3, -0.25) is 5.10 Å². The van der Waals surface area contributed by atoms with E-state index in [4.69, 9.17) is 0 Å². The largest absolute Gasteiger partial charge is 0.370 e. The molecule has 2 aromatic rings. The van der Waals surface area contributed by atoms with E-state index >= 15 is 0 Å². The van der Waals surface area contributed by atoms with Gasteiger partial charge in [0.2, 0.25) is 0 Å². The SMILES string of the molecule is Cc1cccnc1NCCCc1cn[nH]c1C. The molecule has 4 heteroatoms. The highest BCUT2D eigenvalue weighted by Crippen LogP contribution is 2.10. The second-order valence-corrected chi connectivity index (χ2v) is 4.22. The summed E-state index contributed by atoms with van der Waals surface area (Å²) in [6, 6.07) is 4.02. The number of hydrogen-bond donors (Lipinski definition) is 2. The van der Waals surface area contributed by atoms with Crippen LogP contribution in [0.3, 0.4) is 0 Å². The molecule has 0 fully saturated rings. The van der Waals surface area contributed by atoms with E-state index in [1.54, 1.807) is 0 Å². The molecule has 0 amide bonds. The van der Waals surface area contributed by atoms with E-state index in [1.807, 2.05) is 18.5 Å². The molecule has 0 aliphatic heterocycles. The minimum absolute atomic E-state index is 0.933. The number of pyridine rings is 1. The Hall–Kier alpha value is -1.84. The van der Waals surface area contributed by atoms with Crippen molar-refractivity contribution in [3.05, 3.63) is 41.3 Å². The van der Waals surface area contributed by atoms with Gasteiger partial charge < -0.3 is 5.32 Å². The zero-order chi connectivity index (χ0) is 12.1. The Balaban J connectivity index is 1.77. The Morgan fingerprint density at radius 1 is 1.35 bits per heavy atom. The molecule has 2 aromatic heterocycles. The minimum atomic E-state index is 0.933. The maximum absolute atomic E-state index is 4.30. The Morgan fingerprint density at radius 2 is 2.24 bits per heavy atom. The zero-order valence-corrected chi connectivity index (χ0v) is 10.3. The van der Waals surface area contributed by atoms with Crippen LogP contribution in [0.2, 0.25) is 0 Å². The van der Waals surface area contributed by atoms with Crippen molar-refractivity contribution >= 4 is 5.82 Å². The quantitative estimate of drug-likeness (QED) is 0.776. The molecule has 17 heavy (non-hydrogen) atoms. The number of nitrogens with one attached hydrogen (secondary N) is 2. The van der Waals surface area contributed by atoms with E-state index in [-0.39, 0.29) is 0 Å². The summed E-state index contributed by atoms with van der Waals surface area (Å²) in [5.74, 6) is 0.983. The fraction of sp³-hybridized carbons (Fsp3) is 0.385. The van der Waals surface area contributed by atoms with Gasteiger partial charge in [0.1, 0.15) is 5.82 Å². The summed E-state index contributed by atoms with van der Waals surface area (Å²) in [6.07, 6.45) is 5.84. The van der Waals surface area contributed by atoms with E-state index in [1.165, 1.54) is 16.8 Å². The Kier molecular flexibility index (Phi) is 3.75. The average Bonchev–Trinajstić information content (AvgIpc) is 2.73. The van der Waals surface area contributed by atoms with Crippen LogP contribution in [-0.4, -0.2) is 21.7 Å². The van der Waals surface area contributed by atoms with Crippen LogP contribution in [0.1, 0.15) is 23.2 Å². The number of hydrogen-bond acceptors (Lipinski definition) is 3. The third-order valence-corrected chi connectivity index (χ3v) is 2.86. The minimum Gasteiger partial charge on any atom is -0.370 e. The number of aromatic amines is 1. The first kappa shape index (κ1) is 11.6. The molecule has 2 rings (SSSR count). The van der Waals surface area contributed by atoms with Crippen LogP contribution in [0.4, 0.5) is 5.82 Å². The molecule has 0 aromatic carbocycles. The smallest absolute Gasteiger partial charge is 0.128 e. The topological polar surface area (TPSA) is 53.6 Å². The van der Waals surface area contributed by atoms with Gasteiger partial charge in [-0.1, -0.05) is 6.07 Å². The van der Waals surface area contributed by atoms with Crippen LogP contribution in [0, 0.1) is 13.8 Å². The highest BCUT2D eigenvalue weighted by atomic mass is 15.1. The molecule has 0 unspecified atom stereocenters. The van der Waals surface area contributed by atoms with E-state index < -0.39 is 0 Å². The third kappa shape index (κ3) is 3.06. The number of aryl methyl sites for hydroxylation is 3. The molecule has 0 atom stereocenters. The number of nitrogens with zero attached hydrogens (tertiary/aromatic N) is 2. The lowest BCUT2D eigenvalue weighted by molar-refractivity contribution is 0.852. The number of rotatable bonds is 5. The van der Waals surface area contributed by atoms with Gasteiger partial charge in [0, 0.05) is 18.4 Å². The second-order valence-electron chi connectivity index (χ2n) is 4.22. The van der Waals surface area contributed by atoms with E-state index in [9.17, 15) is 0 Å². The zero-order valence-electron chi connectivity index (χ0n) is 10.3. The predicted molar refractivity (Wildman–Crippen MR) is 69.1 cm³/mol. The molecule has 0 saturated carbocycles. The normalized spacial score (nSPS) is 10.5. The molecular weight excluding hydrogens is 212 g/mol. The molecule has 0 aliphatic carbocycles. The van der Waals surface area contributed by atoms with Gasteiger partial charge in [-0.2, -0.15) is 5.10 Å². The second kappa shape index (κ2) is 5.48. The molecule has 0 saturated heterocycles. The number of anilines is 1. The summed E-state index contributed by atoms with van der Waals surface area (Å²) in [5, 5.41) is 10.3. The molecule has 2 heterocycles. The lowest BCUT2D eigenvalue weighted by Crippen LogP contribution is -2.05. The molecular formula is C13H18N4. The summed E-state index contributed by atoms with van der Waals surface area (Å²) in [6.45, 7) is 5.05. The van der Waals surface area contributed by atoms with Gasteiger partial charge in [-0.15, -0.1) is 0 Å². The standard InChI is InChI=1S/C13H18N4/c1-10-5-3-7-14-13(10)15-8-4-6-12-9-16-17-11(12)2/h3,5,7,9H,4,6,8H2,1-2H3,(H,14,15)(H,16,17). The highest BCUT2D eigenvalue weighted by Gasteiger charge is 2.00. The van der Waals surface area contributed by atoms with Crippen LogP contribution in [0.15, 0.2) is 24.5 Å². The summed E-state index contributed by atoms with van der Waals surface area (Å²) in [4.78, 5) is 4.30. The predicted octanol–water partition coefficient (Wildman–Crippen LogP) is 2.47. The highest BCUT2D eigenvalue weighted by molar-refractivity contribution is 5.42. The van der Waals surface area contributed by atoms with Gasteiger partial charge in [-0.05, 0) is 43.9 Å². The molecule has 0 radical (unpaired) electrons. The van der Waals surface area contributed by atoms with Gasteiger partial charge in [0.25, 0.3) is 0 Å².